The molecule has 12 heteroatoms. The van der Waals surface area contributed by atoms with E-state index in [2.05, 4.69) is 15.3 Å². The van der Waals surface area contributed by atoms with Crippen molar-refractivity contribution in [2.45, 2.75) is 19.3 Å². The summed E-state index contributed by atoms with van der Waals surface area (Å²) in [5.41, 5.74) is 8.97. The van der Waals surface area contributed by atoms with Crippen LogP contribution in [-0.4, -0.2) is 46.3 Å². The summed E-state index contributed by atoms with van der Waals surface area (Å²) in [7, 11) is 0. The predicted octanol–water partition coefficient (Wildman–Crippen LogP) is 4.42. The summed E-state index contributed by atoms with van der Waals surface area (Å²) in [6.07, 6.45) is 0.658. The van der Waals surface area contributed by atoms with Gasteiger partial charge in [0.1, 0.15) is 17.1 Å². The SMILES string of the molecule is [N-]=[N+]=NCCCNC(=O)CCc1cc2c(-c3ccc(C(=O)O)cc3C(=O)O)c3ccc(=O)cc-3oc2cc1O. The van der Waals surface area contributed by atoms with Gasteiger partial charge in [0.2, 0.25) is 5.91 Å². The van der Waals surface area contributed by atoms with E-state index in [-0.39, 0.29) is 64.5 Å². The molecule has 0 fully saturated rings. The van der Waals surface area contributed by atoms with Crippen molar-refractivity contribution in [1.82, 2.24) is 5.32 Å². The Morgan fingerprint density at radius 1 is 1.00 bits per heavy atom. The summed E-state index contributed by atoms with van der Waals surface area (Å²) in [4.78, 5) is 50.6. The van der Waals surface area contributed by atoms with E-state index in [1.165, 1.54) is 36.4 Å². The maximum atomic E-state index is 12.3. The van der Waals surface area contributed by atoms with Crippen LogP contribution in [0.3, 0.4) is 0 Å². The molecule has 4 N–H and O–H groups in total. The largest absolute Gasteiger partial charge is 0.508 e. The van der Waals surface area contributed by atoms with Crippen LogP contribution in [0.1, 0.15) is 39.1 Å². The first-order valence-electron chi connectivity index (χ1n) is 11.8. The Morgan fingerprint density at radius 3 is 2.49 bits per heavy atom. The van der Waals surface area contributed by atoms with Crippen LogP contribution < -0.4 is 10.7 Å². The van der Waals surface area contributed by atoms with Gasteiger partial charge in [-0.1, -0.05) is 11.2 Å². The number of aryl methyl sites for hydroxylation is 1. The number of azide groups is 1. The van der Waals surface area contributed by atoms with Crippen LogP contribution in [0.4, 0.5) is 0 Å². The number of aromatic hydroxyl groups is 1. The van der Waals surface area contributed by atoms with Gasteiger partial charge in [-0.2, -0.15) is 0 Å². The number of hydrogen-bond donors (Lipinski definition) is 4. The van der Waals surface area contributed by atoms with Gasteiger partial charge in [-0.25, -0.2) is 9.59 Å². The van der Waals surface area contributed by atoms with E-state index < -0.39 is 11.9 Å². The average molecular weight is 530 g/mol. The lowest BCUT2D eigenvalue weighted by atomic mass is 9.89. The van der Waals surface area contributed by atoms with Gasteiger partial charge in [0.25, 0.3) is 0 Å². The van der Waals surface area contributed by atoms with E-state index in [1.807, 2.05) is 0 Å². The van der Waals surface area contributed by atoms with E-state index in [9.17, 15) is 34.5 Å². The first kappa shape index (κ1) is 26.7. The van der Waals surface area contributed by atoms with Crippen LogP contribution >= 0.6 is 0 Å². The number of phenols is 1. The molecule has 1 amide bonds. The van der Waals surface area contributed by atoms with Crippen molar-refractivity contribution in [3.05, 3.63) is 85.9 Å². The molecule has 4 rings (SSSR count). The van der Waals surface area contributed by atoms with Crippen molar-refractivity contribution in [3.8, 4) is 28.2 Å². The molecule has 0 atom stereocenters. The number of amides is 1. The summed E-state index contributed by atoms with van der Waals surface area (Å²) in [6, 6.07) is 10.6. The van der Waals surface area contributed by atoms with Gasteiger partial charge < -0.3 is 25.1 Å². The van der Waals surface area contributed by atoms with Crippen molar-refractivity contribution >= 4 is 28.8 Å². The highest BCUT2D eigenvalue weighted by atomic mass is 16.4. The van der Waals surface area contributed by atoms with Crippen LogP contribution in [-0.2, 0) is 11.2 Å². The maximum absolute atomic E-state index is 12.3. The number of carboxylic acids is 2. The van der Waals surface area contributed by atoms with Crippen molar-refractivity contribution in [2.24, 2.45) is 5.11 Å². The van der Waals surface area contributed by atoms with Gasteiger partial charge in [0, 0.05) is 53.1 Å². The minimum Gasteiger partial charge on any atom is -0.508 e. The maximum Gasteiger partial charge on any atom is 0.336 e. The molecule has 0 saturated heterocycles. The van der Waals surface area contributed by atoms with Gasteiger partial charge in [0.15, 0.2) is 5.43 Å². The number of nitrogens with zero attached hydrogens (tertiary/aromatic N) is 3. The summed E-state index contributed by atoms with van der Waals surface area (Å²) >= 11 is 0. The molecule has 0 saturated carbocycles. The number of carboxylic acid groups (broad SMARTS) is 2. The lowest BCUT2D eigenvalue weighted by Crippen LogP contribution is -2.25. The number of nitrogens with one attached hydrogen (secondary N) is 1. The quantitative estimate of drug-likeness (QED) is 0.0758. The molecule has 0 radical (unpaired) electrons. The van der Waals surface area contributed by atoms with Gasteiger partial charge in [-0.15, -0.1) is 0 Å². The van der Waals surface area contributed by atoms with E-state index in [0.29, 0.717) is 35.0 Å². The fourth-order valence-electron chi connectivity index (χ4n) is 4.27. The molecule has 2 aromatic rings. The minimum atomic E-state index is -1.35. The second-order valence-corrected chi connectivity index (χ2v) is 8.64. The van der Waals surface area contributed by atoms with Gasteiger partial charge in [0.05, 0.1) is 11.1 Å². The Kier molecular flexibility index (Phi) is 7.78. The highest BCUT2D eigenvalue weighted by Crippen LogP contribution is 2.43. The Hall–Kier alpha value is -5.35. The van der Waals surface area contributed by atoms with Gasteiger partial charge >= 0.3 is 11.9 Å². The smallest absolute Gasteiger partial charge is 0.336 e. The molecule has 198 valence electrons. The number of rotatable bonds is 10. The van der Waals surface area contributed by atoms with Crippen LogP contribution in [0.5, 0.6) is 5.75 Å². The number of hydrogen-bond acceptors (Lipinski definition) is 7. The lowest BCUT2D eigenvalue weighted by molar-refractivity contribution is -0.121. The second-order valence-electron chi connectivity index (χ2n) is 8.64. The van der Waals surface area contributed by atoms with E-state index in [1.54, 1.807) is 6.07 Å². The van der Waals surface area contributed by atoms with Gasteiger partial charge in [-0.3, -0.25) is 9.59 Å². The van der Waals surface area contributed by atoms with Crippen molar-refractivity contribution in [3.63, 3.8) is 0 Å². The molecule has 12 nitrogen and oxygen atoms in total. The third-order valence-corrected chi connectivity index (χ3v) is 6.10. The number of carbonyl (C=O) groups excluding carboxylic acids is 1. The third-order valence-electron chi connectivity index (χ3n) is 6.10. The number of carbonyl (C=O) groups is 3. The molecule has 2 aromatic carbocycles. The molecule has 39 heavy (non-hydrogen) atoms. The Labute approximate surface area is 220 Å². The topological polar surface area (TPSA) is 203 Å². The molecule has 2 aliphatic rings. The normalized spacial score (nSPS) is 10.8. The molecule has 0 spiro atoms. The standard InChI is InChI=1S/C27H22N4O8/c28-31-30-9-1-8-29-24(34)7-3-14-10-20-23(13-21(14)33)39-22-12-16(32)4-6-18(22)25(20)17-5-2-15(26(35)36)11-19(17)27(37)38/h2,4-6,10-13,33H,1,3,7-9H2,(H,29,34)(H,35,36)(H,37,38). The van der Waals surface area contributed by atoms with E-state index in [0.717, 1.165) is 6.07 Å². The summed E-state index contributed by atoms with van der Waals surface area (Å²) in [5, 5.41) is 36.4. The molecular formula is C27H22N4O8. The van der Waals surface area contributed by atoms with Crippen LogP contribution in [0.15, 0.2) is 62.9 Å². The first-order valence-corrected chi connectivity index (χ1v) is 11.8. The molecule has 1 aliphatic heterocycles. The van der Waals surface area contributed by atoms with Crippen LogP contribution in [0.25, 0.3) is 43.9 Å². The lowest BCUT2D eigenvalue weighted by Gasteiger charge is -2.18. The molecular weight excluding hydrogens is 508 g/mol. The highest BCUT2D eigenvalue weighted by Gasteiger charge is 2.24. The van der Waals surface area contributed by atoms with Crippen molar-refractivity contribution in [1.29, 1.82) is 0 Å². The number of fused-ring (bicyclic) bond motifs is 2. The average Bonchev–Trinajstić information content (AvgIpc) is 2.90. The molecule has 1 heterocycles. The predicted molar refractivity (Wildman–Crippen MR) is 140 cm³/mol. The number of benzene rings is 3. The number of phenolic OH excluding ortho intramolecular Hbond substituents is 1. The fourth-order valence-corrected chi connectivity index (χ4v) is 4.27. The molecule has 0 unspecified atom stereocenters. The fraction of sp³-hybridized carbons (Fsp3) is 0.185. The Bertz CT molecular complexity index is 1690. The summed E-state index contributed by atoms with van der Waals surface area (Å²) in [6.45, 7) is 0.574. The van der Waals surface area contributed by atoms with E-state index in [4.69, 9.17) is 9.95 Å². The zero-order chi connectivity index (χ0) is 28.1. The zero-order valence-corrected chi connectivity index (χ0v) is 20.4. The van der Waals surface area contributed by atoms with Gasteiger partial charge in [-0.05, 0) is 59.8 Å². The Balaban J connectivity index is 1.82. The van der Waals surface area contributed by atoms with E-state index >= 15 is 0 Å². The summed E-state index contributed by atoms with van der Waals surface area (Å²) < 4.78 is 5.88. The minimum absolute atomic E-state index is 0.0356. The highest BCUT2D eigenvalue weighted by molar-refractivity contribution is 6.08. The molecule has 0 aromatic heterocycles. The van der Waals surface area contributed by atoms with Crippen molar-refractivity contribution in [2.75, 3.05) is 13.1 Å². The zero-order valence-electron chi connectivity index (χ0n) is 20.4. The monoisotopic (exact) mass is 530 g/mol. The van der Waals surface area contributed by atoms with Crippen LogP contribution in [0, 0.1) is 0 Å². The molecule has 1 aliphatic carbocycles. The second kappa shape index (κ2) is 11.4. The first-order chi connectivity index (χ1) is 18.7. The third kappa shape index (κ3) is 5.81. The number of aromatic carboxylic acids is 2. The van der Waals surface area contributed by atoms with Crippen molar-refractivity contribution < 1.29 is 34.1 Å². The molecule has 0 bridgehead atoms. The van der Waals surface area contributed by atoms with Crippen LogP contribution in [0.2, 0.25) is 0 Å². The summed E-state index contributed by atoms with van der Waals surface area (Å²) in [5.74, 6) is -2.94. The Morgan fingerprint density at radius 2 is 1.77 bits per heavy atom.